The highest BCUT2D eigenvalue weighted by Gasteiger charge is 2.23. The minimum atomic E-state index is -0.753. The van der Waals surface area contributed by atoms with E-state index in [1.165, 1.54) is 0 Å². The van der Waals surface area contributed by atoms with Gasteiger partial charge in [0.05, 0.1) is 5.60 Å². The number of carbonyl (C=O) groups excluding carboxylic acids is 1. The number of amides is 1. The molecule has 0 aromatic rings. The molecule has 0 aromatic carbocycles. The summed E-state index contributed by atoms with van der Waals surface area (Å²) in [6, 6.07) is -0.00298. The van der Waals surface area contributed by atoms with Gasteiger partial charge < -0.3 is 20.1 Å². The van der Waals surface area contributed by atoms with Gasteiger partial charge >= 0.3 is 6.09 Å². The summed E-state index contributed by atoms with van der Waals surface area (Å²) in [7, 11) is 1.74. The second kappa shape index (κ2) is 7.27. The maximum Gasteiger partial charge on any atom is 0.410 e. The summed E-state index contributed by atoms with van der Waals surface area (Å²) in [6.07, 6.45) is -0.306. The predicted octanol–water partition coefficient (Wildman–Crippen LogP) is 2.24. The van der Waals surface area contributed by atoms with Gasteiger partial charge in [-0.1, -0.05) is 6.92 Å². The zero-order valence-electron chi connectivity index (χ0n) is 14.3. The first-order valence-electron chi connectivity index (χ1n) is 7.23. The molecular formula is C15H32N2O3. The van der Waals surface area contributed by atoms with E-state index in [4.69, 9.17) is 4.74 Å². The molecule has 120 valence electrons. The zero-order valence-corrected chi connectivity index (χ0v) is 14.3. The topological polar surface area (TPSA) is 61.8 Å². The Kier molecular flexibility index (Phi) is 6.98. The van der Waals surface area contributed by atoms with Gasteiger partial charge in [-0.15, -0.1) is 0 Å². The molecule has 0 heterocycles. The number of hydrogen-bond acceptors (Lipinski definition) is 4. The molecule has 2 atom stereocenters. The third-order valence-electron chi connectivity index (χ3n) is 3.12. The van der Waals surface area contributed by atoms with Crippen molar-refractivity contribution in [1.82, 2.24) is 10.2 Å². The van der Waals surface area contributed by atoms with E-state index in [9.17, 15) is 9.90 Å². The van der Waals surface area contributed by atoms with Crippen molar-refractivity contribution in [3.8, 4) is 0 Å². The largest absolute Gasteiger partial charge is 0.444 e. The second-order valence-electron chi connectivity index (χ2n) is 7.25. The van der Waals surface area contributed by atoms with Gasteiger partial charge in [-0.3, -0.25) is 0 Å². The van der Waals surface area contributed by atoms with Crippen LogP contribution in [0, 0.1) is 5.92 Å². The van der Waals surface area contributed by atoms with Gasteiger partial charge in [-0.05, 0) is 54.0 Å². The molecule has 0 aliphatic heterocycles. The van der Waals surface area contributed by atoms with Crippen LogP contribution in [0.15, 0.2) is 0 Å². The summed E-state index contributed by atoms with van der Waals surface area (Å²) in [5.41, 5.74) is -1.22. The Morgan fingerprint density at radius 1 is 1.25 bits per heavy atom. The van der Waals surface area contributed by atoms with Crippen LogP contribution in [0.2, 0.25) is 0 Å². The van der Waals surface area contributed by atoms with E-state index in [0.29, 0.717) is 6.54 Å². The van der Waals surface area contributed by atoms with Crippen LogP contribution in [-0.4, -0.2) is 53.5 Å². The molecule has 5 heteroatoms. The van der Waals surface area contributed by atoms with Crippen LogP contribution in [0.3, 0.4) is 0 Å². The normalized spacial score (nSPS) is 15.7. The lowest BCUT2D eigenvalue weighted by atomic mass is 10.00. The van der Waals surface area contributed by atoms with E-state index < -0.39 is 11.2 Å². The monoisotopic (exact) mass is 288 g/mol. The summed E-state index contributed by atoms with van der Waals surface area (Å²) >= 11 is 0. The van der Waals surface area contributed by atoms with Gasteiger partial charge in [-0.25, -0.2) is 4.79 Å². The Morgan fingerprint density at radius 3 is 2.15 bits per heavy atom. The third kappa shape index (κ3) is 8.38. The number of ether oxygens (including phenoxy) is 1. The van der Waals surface area contributed by atoms with Crippen LogP contribution in [0.1, 0.15) is 48.5 Å². The molecule has 0 aliphatic carbocycles. The number of carbonyl (C=O) groups is 1. The Balaban J connectivity index is 4.14. The second-order valence-corrected chi connectivity index (χ2v) is 7.25. The predicted molar refractivity (Wildman–Crippen MR) is 81.8 cm³/mol. The first-order valence-corrected chi connectivity index (χ1v) is 7.23. The Morgan fingerprint density at radius 2 is 1.75 bits per heavy atom. The first-order chi connectivity index (χ1) is 8.83. The Labute approximate surface area is 123 Å². The van der Waals surface area contributed by atoms with Crippen molar-refractivity contribution in [1.29, 1.82) is 0 Å². The summed E-state index contributed by atoms with van der Waals surface area (Å²) < 4.78 is 5.31. The van der Waals surface area contributed by atoms with Crippen LogP contribution in [0.5, 0.6) is 0 Å². The molecule has 20 heavy (non-hydrogen) atoms. The van der Waals surface area contributed by atoms with Crippen LogP contribution < -0.4 is 5.32 Å². The average Bonchev–Trinajstić information content (AvgIpc) is 2.21. The highest BCUT2D eigenvalue weighted by molar-refractivity contribution is 5.67. The lowest BCUT2D eigenvalue weighted by Gasteiger charge is -2.30. The summed E-state index contributed by atoms with van der Waals surface area (Å²) in [5.74, 6) is 0.275. The van der Waals surface area contributed by atoms with E-state index in [0.717, 1.165) is 6.54 Å². The van der Waals surface area contributed by atoms with E-state index in [1.807, 2.05) is 27.7 Å². The van der Waals surface area contributed by atoms with Gasteiger partial charge in [-0.2, -0.15) is 0 Å². The Hall–Kier alpha value is -0.810. The molecule has 0 aliphatic rings. The fourth-order valence-corrected chi connectivity index (χ4v) is 1.57. The van der Waals surface area contributed by atoms with E-state index in [2.05, 4.69) is 12.2 Å². The molecule has 0 rings (SSSR count). The highest BCUT2D eigenvalue weighted by atomic mass is 16.6. The van der Waals surface area contributed by atoms with Gasteiger partial charge in [0.2, 0.25) is 0 Å². The maximum atomic E-state index is 11.8. The van der Waals surface area contributed by atoms with Gasteiger partial charge in [0.25, 0.3) is 0 Å². The summed E-state index contributed by atoms with van der Waals surface area (Å²) in [4.78, 5) is 13.4. The lowest BCUT2D eigenvalue weighted by molar-refractivity contribution is 0.0259. The summed E-state index contributed by atoms with van der Waals surface area (Å²) in [5, 5.41) is 13.1. The van der Waals surface area contributed by atoms with Gasteiger partial charge in [0.15, 0.2) is 0 Å². The highest BCUT2D eigenvalue weighted by Crippen LogP contribution is 2.11. The molecule has 0 saturated heterocycles. The zero-order chi connectivity index (χ0) is 16.1. The number of nitrogens with one attached hydrogen (secondary N) is 1. The first kappa shape index (κ1) is 19.2. The molecule has 0 bridgehead atoms. The average molecular weight is 288 g/mol. The van der Waals surface area contributed by atoms with Crippen molar-refractivity contribution in [3.05, 3.63) is 0 Å². The van der Waals surface area contributed by atoms with Crippen LogP contribution in [0.4, 0.5) is 4.79 Å². The molecule has 0 fully saturated rings. The number of nitrogens with zero attached hydrogens (tertiary/aromatic N) is 1. The molecule has 5 nitrogen and oxygen atoms in total. The standard InChI is InChI=1S/C15H32N2O3/c1-11(9-16-12(2)15(6,7)19)10-17(8)13(18)20-14(3,4)5/h11-12,16,19H,9-10H2,1-8H3. The molecular weight excluding hydrogens is 256 g/mol. The SMILES string of the molecule is CC(CNC(C)C(C)(C)O)CN(C)C(=O)OC(C)(C)C. The number of rotatable bonds is 6. The fourth-order valence-electron chi connectivity index (χ4n) is 1.57. The maximum absolute atomic E-state index is 11.8. The van der Waals surface area contributed by atoms with Gasteiger partial charge in [0, 0.05) is 19.6 Å². The van der Waals surface area contributed by atoms with E-state index in [-0.39, 0.29) is 18.1 Å². The Bertz CT molecular complexity index is 305. The quantitative estimate of drug-likeness (QED) is 0.787. The van der Waals surface area contributed by atoms with Crippen molar-refractivity contribution in [2.75, 3.05) is 20.1 Å². The number of hydrogen-bond donors (Lipinski definition) is 2. The van der Waals surface area contributed by atoms with Crippen molar-refractivity contribution < 1.29 is 14.6 Å². The molecule has 1 amide bonds. The van der Waals surface area contributed by atoms with Crippen molar-refractivity contribution in [2.45, 2.75) is 65.7 Å². The lowest BCUT2D eigenvalue weighted by Crippen LogP contribution is -2.47. The minimum absolute atomic E-state index is 0.00298. The third-order valence-corrected chi connectivity index (χ3v) is 3.12. The molecule has 0 aromatic heterocycles. The van der Waals surface area contributed by atoms with Gasteiger partial charge in [0.1, 0.15) is 5.60 Å². The molecule has 2 N–H and O–H groups in total. The van der Waals surface area contributed by atoms with Crippen molar-refractivity contribution in [3.63, 3.8) is 0 Å². The smallest absolute Gasteiger partial charge is 0.410 e. The van der Waals surface area contributed by atoms with Crippen LogP contribution >= 0.6 is 0 Å². The van der Waals surface area contributed by atoms with Crippen molar-refractivity contribution in [2.24, 2.45) is 5.92 Å². The minimum Gasteiger partial charge on any atom is -0.444 e. The summed E-state index contributed by atoms with van der Waals surface area (Å²) in [6.45, 7) is 14.5. The van der Waals surface area contributed by atoms with Crippen LogP contribution in [-0.2, 0) is 4.74 Å². The number of aliphatic hydroxyl groups is 1. The molecule has 0 spiro atoms. The van der Waals surface area contributed by atoms with Crippen molar-refractivity contribution >= 4 is 6.09 Å². The van der Waals surface area contributed by atoms with E-state index in [1.54, 1.807) is 25.8 Å². The molecule has 0 saturated carbocycles. The van der Waals surface area contributed by atoms with E-state index >= 15 is 0 Å². The van der Waals surface area contributed by atoms with Crippen LogP contribution in [0.25, 0.3) is 0 Å². The fraction of sp³-hybridized carbons (Fsp3) is 0.933. The molecule has 0 radical (unpaired) electrons. The molecule has 2 unspecified atom stereocenters.